The molecule has 0 aliphatic heterocycles. The third-order valence-electron chi connectivity index (χ3n) is 2.05. The van der Waals surface area contributed by atoms with Gasteiger partial charge in [-0.15, -0.1) is 0 Å². The van der Waals surface area contributed by atoms with Crippen molar-refractivity contribution >= 4 is 5.91 Å². The fraction of sp³-hybridized carbons (Fsp3) is 0.455. The molecule has 0 bridgehead atoms. The molecule has 1 aromatic heterocycles. The van der Waals surface area contributed by atoms with Crippen molar-refractivity contribution in [2.45, 2.75) is 12.5 Å². The quantitative estimate of drug-likeness (QED) is 0.724. The number of nitrogens with zero attached hydrogens (tertiary/aromatic N) is 1. The fourth-order valence-electron chi connectivity index (χ4n) is 1.23. The van der Waals surface area contributed by atoms with Crippen molar-refractivity contribution in [2.24, 2.45) is 0 Å². The summed E-state index contributed by atoms with van der Waals surface area (Å²) in [6, 6.07) is 3.39. The smallest absolute Gasteiger partial charge is 0.252 e. The highest BCUT2D eigenvalue weighted by atomic mass is 16.5. The van der Waals surface area contributed by atoms with E-state index < -0.39 is 6.10 Å². The van der Waals surface area contributed by atoms with E-state index in [4.69, 9.17) is 4.74 Å². The van der Waals surface area contributed by atoms with Crippen molar-refractivity contribution in [3.63, 3.8) is 0 Å². The van der Waals surface area contributed by atoms with Gasteiger partial charge in [-0.2, -0.15) is 0 Å². The molecule has 0 aromatic carbocycles. The van der Waals surface area contributed by atoms with E-state index in [0.29, 0.717) is 18.5 Å². The van der Waals surface area contributed by atoms with Crippen LogP contribution in [-0.2, 0) is 4.74 Å². The number of methoxy groups -OCH3 is 1. The van der Waals surface area contributed by atoms with Crippen LogP contribution in [0.25, 0.3) is 0 Å². The van der Waals surface area contributed by atoms with Gasteiger partial charge in [0.1, 0.15) is 0 Å². The maximum absolute atomic E-state index is 11.5. The average molecular weight is 224 g/mol. The second-order valence-corrected chi connectivity index (χ2v) is 3.40. The van der Waals surface area contributed by atoms with Gasteiger partial charge in [-0.25, -0.2) is 0 Å². The molecule has 0 aliphatic rings. The van der Waals surface area contributed by atoms with Gasteiger partial charge in [0.15, 0.2) is 0 Å². The molecule has 1 heterocycles. The minimum absolute atomic E-state index is 0.183. The largest absolute Gasteiger partial charge is 0.391 e. The molecule has 0 fully saturated rings. The number of ether oxygens (including phenoxy) is 1. The van der Waals surface area contributed by atoms with Crippen molar-refractivity contribution in [3.8, 4) is 0 Å². The van der Waals surface area contributed by atoms with Gasteiger partial charge in [0.05, 0.1) is 18.3 Å². The minimum atomic E-state index is -0.542. The Morgan fingerprint density at radius 2 is 2.50 bits per heavy atom. The SMILES string of the molecule is COCC(O)CCNC(=O)c1cccnc1. The molecule has 0 saturated heterocycles. The molecule has 16 heavy (non-hydrogen) atoms. The van der Waals surface area contributed by atoms with Crippen LogP contribution in [0.4, 0.5) is 0 Å². The molecule has 0 saturated carbocycles. The summed E-state index contributed by atoms with van der Waals surface area (Å²) in [4.78, 5) is 15.4. The summed E-state index contributed by atoms with van der Waals surface area (Å²) >= 11 is 0. The maximum atomic E-state index is 11.5. The third-order valence-corrected chi connectivity index (χ3v) is 2.05. The van der Waals surface area contributed by atoms with E-state index in [1.54, 1.807) is 18.3 Å². The highest BCUT2D eigenvalue weighted by molar-refractivity contribution is 5.93. The van der Waals surface area contributed by atoms with Gasteiger partial charge >= 0.3 is 0 Å². The van der Waals surface area contributed by atoms with E-state index in [9.17, 15) is 9.90 Å². The molecular weight excluding hydrogens is 208 g/mol. The van der Waals surface area contributed by atoms with Gasteiger partial charge < -0.3 is 15.2 Å². The van der Waals surface area contributed by atoms with Gasteiger partial charge in [0.25, 0.3) is 5.91 Å². The van der Waals surface area contributed by atoms with E-state index in [2.05, 4.69) is 10.3 Å². The van der Waals surface area contributed by atoms with Crippen molar-refractivity contribution in [2.75, 3.05) is 20.3 Å². The van der Waals surface area contributed by atoms with Crippen molar-refractivity contribution in [3.05, 3.63) is 30.1 Å². The zero-order valence-corrected chi connectivity index (χ0v) is 9.22. The molecule has 1 rings (SSSR count). The first kappa shape index (κ1) is 12.6. The number of nitrogens with one attached hydrogen (secondary N) is 1. The lowest BCUT2D eigenvalue weighted by Gasteiger charge is -2.09. The number of rotatable bonds is 6. The van der Waals surface area contributed by atoms with E-state index in [-0.39, 0.29) is 12.5 Å². The Kier molecular flexibility index (Phi) is 5.45. The third kappa shape index (κ3) is 4.37. The molecule has 1 amide bonds. The predicted molar refractivity (Wildman–Crippen MR) is 59.1 cm³/mol. The molecule has 1 aromatic rings. The Hall–Kier alpha value is -1.46. The molecular formula is C11H16N2O3. The summed E-state index contributed by atoms with van der Waals surface area (Å²) in [5.41, 5.74) is 0.517. The van der Waals surface area contributed by atoms with E-state index in [1.807, 2.05) is 0 Å². The molecule has 1 unspecified atom stereocenters. The molecule has 5 heteroatoms. The summed E-state index contributed by atoms with van der Waals surface area (Å²) in [6.45, 7) is 0.695. The normalized spacial score (nSPS) is 12.1. The lowest BCUT2D eigenvalue weighted by Crippen LogP contribution is -2.28. The number of carbonyl (C=O) groups excluding carboxylic acids is 1. The molecule has 0 aliphatic carbocycles. The number of aromatic nitrogens is 1. The lowest BCUT2D eigenvalue weighted by atomic mass is 10.2. The van der Waals surface area contributed by atoms with Crippen LogP contribution in [0.15, 0.2) is 24.5 Å². The summed E-state index contributed by atoms with van der Waals surface area (Å²) in [6.07, 6.45) is 3.04. The van der Waals surface area contributed by atoms with Crippen LogP contribution in [-0.4, -0.2) is 42.4 Å². The monoisotopic (exact) mass is 224 g/mol. The van der Waals surface area contributed by atoms with E-state index >= 15 is 0 Å². The van der Waals surface area contributed by atoms with Crippen LogP contribution < -0.4 is 5.32 Å². The van der Waals surface area contributed by atoms with E-state index in [0.717, 1.165) is 0 Å². The van der Waals surface area contributed by atoms with Crippen molar-refractivity contribution in [1.29, 1.82) is 0 Å². The number of hydrogen-bond acceptors (Lipinski definition) is 4. The van der Waals surface area contributed by atoms with E-state index in [1.165, 1.54) is 13.3 Å². The van der Waals surface area contributed by atoms with Crippen molar-refractivity contribution < 1.29 is 14.6 Å². The standard InChI is InChI=1S/C11H16N2O3/c1-16-8-10(14)4-6-13-11(15)9-3-2-5-12-7-9/h2-3,5,7,10,14H,4,6,8H2,1H3,(H,13,15). The summed E-state index contributed by atoms with van der Waals surface area (Å²) in [7, 11) is 1.53. The molecule has 5 nitrogen and oxygen atoms in total. The lowest BCUT2D eigenvalue weighted by molar-refractivity contribution is 0.0587. The highest BCUT2D eigenvalue weighted by Crippen LogP contribution is 1.96. The number of aliphatic hydroxyl groups excluding tert-OH is 1. The van der Waals surface area contributed by atoms with Gasteiger partial charge in [-0.1, -0.05) is 0 Å². The van der Waals surface area contributed by atoms with Gasteiger partial charge in [0, 0.05) is 26.0 Å². The molecule has 88 valence electrons. The first-order valence-corrected chi connectivity index (χ1v) is 5.09. The van der Waals surface area contributed by atoms with Gasteiger partial charge in [-0.3, -0.25) is 9.78 Å². The van der Waals surface area contributed by atoms with Crippen LogP contribution in [0.5, 0.6) is 0 Å². The molecule has 1 atom stereocenters. The summed E-state index contributed by atoms with van der Waals surface area (Å²) in [5, 5.41) is 12.0. The molecule has 0 spiro atoms. The van der Waals surface area contributed by atoms with Gasteiger partial charge in [-0.05, 0) is 18.6 Å². The maximum Gasteiger partial charge on any atom is 0.252 e. The van der Waals surface area contributed by atoms with Crippen LogP contribution in [0.3, 0.4) is 0 Å². The van der Waals surface area contributed by atoms with Crippen LogP contribution in [0.1, 0.15) is 16.8 Å². The first-order chi connectivity index (χ1) is 7.74. The Morgan fingerprint density at radius 3 is 3.12 bits per heavy atom. The number of amides is 1. The first-order valence-electron chi connectivity index (χ1n) is 5.09. The summed E-state index contributed by atoms with van der Waals surface area (Å²) in [5.74, 6) is -0.183. The topological polar surface area (TPSA) is 71.5 Å². The Morgan fingerprint density at radius 1 is 1.69 bits per heavy atom. The number of aliphatic hydroxyl groups is 1. The number of carbonyl (C=O) groups is 1. The Bertz CT molecular complexity index is 316. The second kappa shape index (κ2) is 6.92. The fourth-order valence-corrected chi connectivity index (χ4v) is 1.23. The number of hydrogen-bond donors (Lipinski definition) is 2. The highest BCUT2D eigenvalue weighted by Gasteiger charge is 2.06. The Balaban J connectivity index is 2.26. The minimum Gasteiger partial charge on any atom is -0.391 e. The number of pyridine rings is 1. The van der Waals surface area contributed by atoms with Crippen LogP contribution in [0, 0.1) is 0 Å². The van der Waals surface area contributed by atoms with Crippen molar-refractivity contribution in [1.82, 2.24) is 10.3 Å². The second-order valence-electron chi connectivity index (χ2n) is 3.40. The average Bonchev–Trinajstić information content (AvgIpc) is 2.30. The zero-order valence-electron chi connectivity index (χ0n) is 9.22. The van der Waals surface area contributed by atoms with Crippen LogP contribution in [0.2, 0.25) is 0 Å². The Labute approximate surface area is 94.5 Å². The van der Waals surface area contributed by atoms with Gasteiger partial charge in [0.2, 0.25) is 0 Å². The molecule has 0 radical (unpaired) electrons. The predicted octanol–water partition coefficient (Wildman–Crippen LogP) is 0.209. The zero-order chi connectivity index (χ0) is 11.8. The van der Waals surface area contributed by atoms with Crippen LogP contribution >= 0.6 is 0 Å². The summed E-state index contributed by atoms with van der Waals surface area (Å²) < 4.78 is 4.77. The molecule has 2 N–H and O–H groups in total.